The predicted octanol–water partition coefficient (Wildman–Crippen LogP) is 1.43. The first-order chi connectivity index (χ1) is 6.77. The molecule has 0 aromatic carbocycles. The molecular weight excluding hydrogens is 180 g/mol. The Morgan fingerprint density at radius 1 is 1.21 bits per heavy atom. The van der Waals surface area contributed by atoms with Gasteiger partial charge in [-0.05, 0) is 19.3 Å². The molecule has 0 bridgehead atoms. The summed E-state index contributed by atoms with van der Waals surface area (Å²) in [6, 6.07) is 0. The Morgan fingerprint density at radius 2 is 1.93 bits per heavy atom. The number of carbonyl (C=O) groups excluding carboxylic acids is 1. The lowest BCUT2D eigenvalue weighted by atomic mass is 9.86. The van der Waals surface area contributed by atoms with E-state index >= 15 is 0 Å². The molecule has 0 amide bonds. The van der Waals surface area contributed by atoms with Gasteiger partial charge in [-0.25, -0.2) is 4.79 Å². The number of esters is 1. The lowest BCUT2D eigenvalue weighted by Crippen LogP contribution is -2.24. The van der Waals surface area contributed by atoms with Gasteiger partial charge in [0.1, 0.15) is 6.10 Å². The minimum atomic E-state index is -0.212. The van der Waals surface area contributed by atoms with Crippen LogP contribution in [0.1, 0.15) is 25.7 Å². The van der Waals surface area contributed by atoms with Crippen LogP contribution >= 0.6 is 0 Å². The third-order valence-corrected chi connectivity index (χ3v) is 3.53. The minimum absolute atomic E-state index is 0.0466. The van der Waals surface area contributed by atoms with Crippen LogP contribution in [-0.4, -0.2) is 24.3 Å². The van der Waals surface area contributed by atoms with Gasteiger partial charge in [0.05, 0.1) is 18.1 Å². The largest absolute Gasteiger partial charge is 0.458 e. The van der Waals surface area contributed by atoms with Gasteiger partial charge in [-0.3, -0.25) is 0 Å². The quantitative estimate of drug-likeness (QED) is 0.332. The fraction of sp³-hybridized carbons (Fsp3) is 0.727. The topological polar surface area (TPSA) is 38.8 Å². The number of hydrogen-bond donors (Lipinski definition) is 0. The summed E-state index contributed by atoms with van der Waals surface area (Å²) in [5.74, 6) is -0.0658. The normalized spacial score (nSPS) is 46.0. The zero-order chi connectivity index (χ0) is 9.71. The van der Waals surface area contributed by atoms with Crippen LogP contribution in [0.5, 0.6) is 0 Å². The second kappa shape index (κ2) is 2.83. The van der Waals surface area contributed by atoms with E-state index in [0.29, 0.717) is 11.7 Å². The molecule has 3 fully saturated rings. The maximum absolute atomic E-state index is 11.4. The molecule has 0 aromatic heterocycles. The molecule has 0 radical (unpaired) electrons. The summed E-state index contributed by atoms with van der Waals surface area (Å²) in [5, 5.41) is 0. The zero-order valence-electron chi connectivity index (χ0n) is 8.07. The number of epoxide rings is 1. The van der Waals surface area contributed by atoms with Gasteiger partial charge < -0.3 is 9.47 Å². The van der Waals surface area contributed by atoms with E-state index in [1.54, 1.807) is 0 Å². The summed E-state index contributed by atoms with van der Waals surface area (Å²) in [6.07, 6.45) is 5.07. The molecule has 0 spiro atoms. The van der Waals surface area contributed by atoms with E-state index in [-0.39, 0.29) is 24.1 Å². The van der Waals surface area contributed by atoms with E-state index in [0.717, 1.165) is 19.3 Å². The highest BCUT2D eigenvalue weighted by Crippen LogP contribution is 2.45. The lowest BCUT2D eigenvalue weighted by Gasteiger charge is -2.17. The highest BCUT2D eigenvalue weighted by molar-refractivity contribution is 5.91. The van der Waals surface area contributed by atoms with Crippen LogP contribution in [0.4, 0.5) is 0 Å². The Bertz CT molecular complexity index is 297. The summed E-state index contributed by atoms with van der Waals surface area (Å²) in [4.78, 5) is 11.4. The Morgan fingerprint density at radius 3 is 2.71 bits per heavy atom. The van der Waals surface area contributed by atoms with Crippen molar-refractivity contribution in [2.75, 3.05) is 0 Å². The van der Waals surface area contributed by atoms with E-state index in [9.17, 15) is 4.79 Å². The van der Waals surface area contributed by atoms with Gasteiger partial charge in [0.25, 0.3) is 0 Å². The third-order valence-electron chi connectivity index (χ3n) is 3.53. The van der Waals surface area contributed by atoms with Crippen molar-refractivity contribution in [2.45, 2.75) is 44.0 Å². The lowest BCUT2D eigenvalue weighted by molar-refractivity contribution is -0.139. The first kappa shape index (κ1) is 8.48. The van der Waals surface area contributed by atoms with Gasteiger partial charge in [-0.15, -0.1) is 0 Å². The Kier molecular flexibility index (Phi) is 1.71. The summed E-state index contributed by atoms with van der Waals surface area (Å²) in [6.45, 7) is 3.81. The first-order valence-corrected chi connectivity index (χ1v) is 5.32. The van der Waals surface area contributed by atoms with Gasteiger partial charge >= 0.3 is 5.97 Å². The maximum atomic E-state index is 11.4. The average molecular weight is 194 g/mol. The van der Waals surface area contributed by atoms with E-state index in [4.69, 9.17) is 9.47 Å². The molecule has 3 aliphatic rings. The Hall–Kier alpha value is -0.830. The van der Waals surface area contributed by atoms with Crippen molar-refractivity contribution in [3.05, 3.63) is 12.2 Å². The molecule has 0 unspecified atom stereocenters. The second-order valence-electron chi connectivity index (χ2n) is 4.42. The fourth-order valence-corrected chi connectivity index (χ4v) is 2.69. The summed E-state index contributed by atoms with van der Waals surface area (Å²) < 4.78 is 10.9. The molecule has 2 heterocycles. The van der Waals surface area contributed by atoms with Gasteiger partial charge in [-0.2, -0.15) is 0 Å². The molecule has 76 valence electrons. The molecule has 14 heavy (non-hydrogen) atoms. The van der Waals surface area contributed by atoms with Crippen LogP contribution in [0.2, 0.25) is 0 Å². The van der Waals surface area contributed by atoms with Crippen LogP contribution in [0.3, 0.4) is 0 Å². The molecule has 3 rings (SSSR count). The maximum Gasteiger partial charge on any atom is 0.334 e. The van der Waals surface area contributed by atoms with Crippen molar-refractivity contribution >= 4 is 5.97 Å². The van der Waals surface area contributed by atoms with Crippen molar-refractivity contribution in [3.63, 3.8) is 0 Å². The van der Waals surface area contributed by atoms with Crippen LogP contribution < -0.4 is 0 Å². The Balaban J connectivity index is 1.86. The van der Waals surface area contributed by atoms with E-state index in [2.05, 4.69) is 6.58 Å². The Labute approximate surface area is 83.1 Å². The van der Waals surface area contributed by atoms with Crippen molar-refractivity contribution in [2.24, 2.45) is 5.92 Å². The number of carbonyl (C=O) groups is 1. The highest BCUT2D eigenvalue weighted by Gasteiger charge is 2.54. The van der Waals surface area contributed by atoms with Gasteiger partial charge in [0.2, 0.25) is 0 Å². The first-order valence-electron chi connectivity index (χ1n) is 5.32. The van der Waals surface area contributed by atoms with Gasteiger partial charge in [0.15, 0.2) is 0 Å². The van der Waals surface area contributed by atoms with Crippen molar-refractivity contribution < 1.29 is 14.3 Å². The summed E-state index contributed by atoms with van der Waals surface area (Å²) in [7, 11) is 0. The van der Waals surface area contributed by atoms with Crippen molar-refractivity contribution in [1.82, 2.24) is 0 Å². The third kappa shape index (κ3) is 1.12. The molecule has 3 nitrogen and oxygen atoms in total. The molecule has 0 N–H and O–H groups in total. The van der Waals surface area contributed by atoms with Crippen LogP contribution in [-0.2, 0) is 14.3 Å². The number of hydrogen-bond acceptors (Lipinski definition) is 3. The molecular formula is C11H14O3. The van der Waals surface area contributed by atoms with Crippen LogP contribution in [0.15, 0.2) is 12.2 Å². The molecule has 2 aliphatic heterocycles. The second-order valence-corrected chi connectivity index (χ2v) is 4.42. The smallest absolute Gasteiger partial charge is 0.334 e. The summed E-state index contributed by atoms with van der Waals surface area (Å²) in [5.41, 5.74) is 0.629. The average Bonchev–Trinajstić information content (AvgIpc) is 2.81. The van der Waals surface area contributed by atoms with Gasteiger partial charge in [0, 0.05) is 5.57 Å². The molecule has 1 saturated carbocycles. The highest BCUT2D eigenvalue weighted by atomic mass is 16.6. The molecule has 1 aliphatic carbocycles. The molecule has 3 heteroatoms. The standard InChI is InChI=1S/C11H14O3/c1-6-9-7(14-11(6)12)4-2-3-5-8-10(9)13-8/h7-10H,1-5H2/t7-,8+,9+,10-/m0/s1. The van der Waals surface area contributed by atoms with E-state index in [1.165, 1.54) is 6.42 Å². The molecule has 0 aromatic rings. The molecule has 4 atom stereocenters. The number of ether oxygens (including phenoxy) is 2. The summed E-state index contributed by atoms with van der Waals surface area (Å²) >= 11 is 0. The number of fused-ring (bicyclic) bond motifs is 3. The SMILES string of the molecule is C=C1C(=O)O[C@H]2CCCC[C@H]3O[C@@H]3[C@H]12. The van der Waals surface area contributed by atoms with E-state index in [1.807, 2.05) is 0 Å². The molecule has 2 saturated heterocycles. The van der Waals surface area contributed by atoms with Crippen molar-refractivity contribution in [3.8, 4) is 0 Å². The van der Waals surface area contributed by atoms with Crippen LogP contribution in [0.25, 0.3) is 0 Å². The van der Waals surface area contributed by atoms with Crippen LogP contribution in [0, 0.1) is 5.92 Å². The monoisotopic (exact) mass is 194 g/mol. The fourth-order valence-electron chi connectivity index (χ4n) is 2.69. The van der Waals surface area contributed by atoms with Gasteiger partial charge in [-0.1, -0.05) is 13.0 Å². The number of rotatable bonds is 0. The van der Waals surface area contributed by atoms with Crippen molar-refractivity contribution in [1.29, 1.82) is 0 Å². The zero-order valence-corrected chi connectivity index (χ0v) is 8.07. The predicted molar refractivity (Wildman–Crippen MR) is 49.6 cm³/mol. The minimum Gasteiger partial charge on any atom is -0.458 e. The van der Waals surface area contributed by atoms with E-state index < -0.39 is 0 Å².